The van der Waals surface area contributed by atoms with E-state index in [4.69, 9.17) is 0 Å². The van der Waals surface area contributed by atoms with Crippen molar-refractivity contribution in [1.29, 1.82) is 0 Å². The smallest absolute Gasteiger partial charge is 0.246 e. The monoisotopic (exact) mass is 1270 g/mol. The second kappa shape index (κ2) is 35.2. The largest absolute Gasteiger partial charge is 0.391 e. The van der Waals surface area contributed by atoms with Crippen LogP contribution >= 0.6 is 0 Å². The van der Waals surface area contributed by atoms with Crippen molar-refractivity contribution in [2.75, 3.05) is 54.9 Å². The molecule has 24 nitrogen and oxygen atoms in total. The minimum Gasteiger partial charge on any atom is -0.391 e. The molecule has 2 aliphatic rings. The van der Waals surface area contributed by atoms with Crippen molar-refractivity contribution in [3.8, 4) is 0 Å². The van der Waals surface area contributed by atoms with Gasteiger partial charge in [0, 0.05) is 61.2 Å². The molecule has 2 aromatic rings. The second-order valence-corrected chi connectivity index (χ2v) is 26.2. The highest BCUT2D eigenvalue weighted by Crippen LogP contribution is 2.24. The van der Waals surface area contributed by atoms with Gasteiger partial charge in [0.15, 0.2) is 5.78 Å². The number of carbonyl (C=O) groups is 12. The average molecular weight is 1270 g/mol. The summed E-state index contributed by atoms with van der Waals surface area (Å²) >= 11 is 0. The van der Waals surface area contributed by atoms with E-state index >= 15 is 19.2 Å². The third-order valence-corrected chi connectivity index (χ3v) is 17.4. The molecule has 11 amide bonds. The molecule has 24 heteroatoms. The van der Waals surface area contributed by atoms with E-state index in [-0.39, 0.29) is 37.5 Å². The van der Waals surface area contributed by atoms with Gasteiger partial charge < -0.3 is 61.1 Å². The summed E-state index contributed by atoms with van der Waals surface area (Å²) in [5, 5.41) is 24.4. The third-order valence-electron chi connectivity index (χ3n) is 17.4. The number of likely N-dealkylation sites (tertiary alicyclic amines) is 1. The lowest BCUT2D eigenvalue weighted by atomic mass is 9.93. The summed E-state index contributed by atoms with van der Waals surface area (Å²) in [6.07, 6.45) is 0.352. The summed E-state index contributed by atoms with van der Waals surface area (Å²) < 4.78 is 0. The standard InChI is InChI=1S/C67H103N11O13/c1-17-42(8)57-67(91)76(15)56(41(6)7)66(90)73(12)38-54(81)72-55(45(11)79)61(85)71-50(65(89)78-31-25-20-26-32-78)37-53(80)68-44(10)58(82)43(9)62(86)74(13)51(34-40(4)5)59(83)69-48(33-39(2)3)63(87)75(14)52(36-47-29-23-19-24-30-47)60(84)70-49(64(88)77(57)16)35-46-27-21-18-22-28-46/h18-19,21-24,27-30,39-45,48-52,55-57,79H,17,20,25-26,31-38H2,1-16H3,(H,68,80)(H,69,83)(H,70,84)(H,71,85)(H,72,81)/t42-,43+,44+,45+,48-,49-,50-,51-,52-,55-,56-,57-/m0/s1. The Labute approximate surface area is 538 Å². The molecule has 0 radical (unpaired) electrons. The molecule has 2 heterocycles. The van der Waals surface area contributed by atoms with Crippen LogP contribution in [0.5, 0.6) is 0 Å². The Bertz CT molecular complexity index is 2850. The molecular formula is C67H103N11O13. The zero-order valence-electron chi connectivity index (χ0n) is 56.4. The molecule has 2 aliphatic heterocycles. The third kappa shape index (κ3) is 21.1. The van der Waals surface area contributed by atoms with Crippen molar-refractivity contribution >= 4 is 70.8 Å². The fraction of sp³-hybridized carbons (Fsp3) is 0.642. The van der Waals surface area contributed by atoms with Crippen LogP contribution in [0.1, 0.15) is 132 Å². The minimum absolute atomic E-state index is 0.0374. The van der Waals surface area contributed by atoms with E-state index in [1.807, 2.05) is 34.6 Å². The normalized spacial score (nSPS) is 26.4. The highest BCUT2D eigenvalue weighted by Gasteiger charge is 2.44. The molecule has 2 saturated heterocycles. The molecule has 504 valence electrons. The van der Waals surface area contributed by atoms with Gasteiger partial charge in [-0.2, -0.15) is 0 Å². The summed E-state index contributed by atoms with van der Waals surface area (Å²) in [5.74, 6) is -12.0. The van der Waals surface area contributed by atoms with Gasteiger partial charge in [0.2, 0.25) is 65.0 Å². The molecular weight excluding hydrogens is 1170 g/mol. The van der Waals surface area contributed by atoms with E-state index in [0.29, 0.717) is 43.5 Å². The fourth-order valence-electron chi connectivity index (χ4n) is 11.9. The van der Waals surface area contributed by atoms with Gasteiger partial charge in [0.05, 0.1) is 31.0 Å². The van der Waals surface area contributed by atoms with Crippen LogP contribution in [0, 0.1) is 29.6 Å². The van der Waals surface area contributed by atoms with Crippen LogP contribution < -0.4 is 26.6 Å². The number of hydrogen-bond acceptors (Lipinski definition) is 13. The van der Waals surface area contributed by atoms with Crippen molar-refractivity contribution in [3.63, 3.8) is 0 Å². The van der Waals surface area contributed by atoms with Crippen LogP contribution in [-0.2, 0) is 70.4 Å². The van der Waals surface area contributed by atoms with E-state index in [2.05, 4.69) is 26.6 Å². The number of aliphatic hydroxyl groups is 1. The molecule has 0 bridgehead atoms. The molecule has 0 unspecified atom stereocenters. The highest BCUT2D eigenvalue weighted by molar-refractivity contribution is 6.06. The number of amides is 11. The number of nitrogens with one attached hydrogen (secondary N) is 5. The first-order valence-corrected chi connectivity index (χ1v) is 32.1. The van der Waals surface area contributed by atoms with Crippen molar-refractivity contribution in [2.24, 2.45) is 29.6 Å². The van der Waals surface area contributed by atoms with Crippen LogP contribution in [0.25, 0.3) is 0 Å². The lowest BCUT2D eigenvalue weighted by Gasteiger charge is -2.40. The van der Waals surface area contributed by atoms with E-state index in [1.54, 1.807) is 81.4 Å². The minimum atomic E-state index is -1.72. The highest BCUT2D eigenvalue weighted by atomic mass is 16.3. The first kappa shape index (κ1) is 75.7. The van der Waals surface area contributed by atoms with Gasteiger partial charge in [-0.15, -0.1) is 0 Å². The number of hydrogen-bond donors (Lipinski definition) is 6. The van der Waals surface area contributed by atoms with Gasteiger partial charge in [0.1, 0.15) is 48.3 Å². The van der Waals surface area contributed by atoms with Gasteiger partial charge in [-0.3, -0.25) is 57.5 Å². The topological polar surface area (TPSA) is 305 Å². The zero-order valence-corrected chi connectivity index (χ0v) is 56.4. The van der Waals surface area contributed by atoms with Gasteiger partial charge in [-0.05, 0) is 87.7 Å². The van der Waals surface area contributed by atoms with Crippen LogP contribution in [0.15, 0.2) is 60.7 Å². The maximum absolute atomic E-state index is 15.4. The van der Waals surface area contributed by atoms with Crippen LogP contribution in [0.2, 0.25) is 0 Å². The molecule has 0 aliphatic carbocycles. The maximum atomic E-state index is 15.4. The number of benzene rings is 2. The van der Waals surface area contributed by atoms with Gasteiger partial charge in [-0.25, -0.2) is 0 Å². The second-order valence-electron chi connectivity index (χ2n) is 26.2. The number of aliphatic hydroxyl groups excluding tert-OH is 1. The molecule has 0 spiro atoms. The predicted octanol–water partition coefficient (Wildman–Crippen LogP) is 2.48. The first-order valence-electron chi connectivity index (χ1n) is 32.1. The van der Waals surface area contributed by atoms with Gasteiger partial charge in [-0.1, -0.05) is 122 Å². The Morgan fingerprint density at radius 3 is 1.57 bits per heavy atom. The van der Waals surface area contributed by atoms with E-state index in [9.17, 15) is 43.5 Å². The van der Waals surface area contributed by atoms with E-state index < -0.39 is 162 Å². The van der Waals surface area contributed by atoms with Crippen molar-refractivity contribution < 1.29 is 62.6 Å². The van der Waals surface area contributed by atoms with Gasteiger partial charge >= 0.3 is 0 Å². The Morgan fingerprint density at radius 1 is 0.538 bits per heavy atom. The van der Waals surface area contributed by atoms with E-state index in [1.165, 1.54) is 75.6 Å². The number of likely N-dealkylation sites (N-methyl/N-ethyl adjacent to an activating group) is 5. The number of ketones is 1. The van der Waals surface area contributed by atoms with Crippen molar-refractivity contribution in [3.05, 3.63) is 71.8 Å². The summed E-state index contributed by atoms with van der Waals surface area (Å²) in [6, 6.07) is 5.68. The summed E-state index contributed by atoms with van der Waals surface area (Å²) in [6.45, 7) is 18.3. The lowest BCUT2D eigenvalue weighted by Crippen LogP contribution is -2.62. The molecule has 0 saturated carbocycles. The number of carbonyl (C=O) groups excluding carboxylic acids is 12. The lowest BCUT2D eigenvalue weighted by molar-refractivity contribution is -0.154. The van der Waals surface area contributed by atoms with Crippen LogP contribution in [0.3, 0.4) is 0 Å². The Hall–Kier alpha value is -7.76. The summed E-state index contributed by atoms with van der Waals surface area (Å²) in [5.41, 5.74) is 1.32. The van der Waals surface area contributed by atoms with Gasteiger partial charge in [0.25, 0.3) is 0 Å². The molecule has 2 fully saturated rings. The Morgan fingerprint density at radius 2 is 1.04 bits per heavy atom. The average Bonchev–Trinajstić information content (AvgIpc) is 2.05. The van der Waals surface area contributed by atoms with E-state index in [0.717, 1.165) is 16.2 Å². The molecule has 0 aromatic heterocycles. The van der Waals surface area contributed by atoms with Crippen molar-refractivity contribution in [1.82, 2.24) is 56.0 Å². The number of piperidine rings is 1. The molecule has 4 rings (SSSR count). The molecule has 6 N–H and O–H groups in total. The predicted molar refractivity (Wildman–Crippen MR) is 344 cm³/mol. The first-order chi connectivity index (χ1) is 42.7. The molecule has 12 atom stereocenters. The fourth-order valence-corrected chi connectivity index (χ4v) is 11.9. The maximum Gasteiger partial charge on any atom is 0.246 e. The Balaban J connectivity index is 1.91. The van der Waals surface area contributed by atoms with Crippen molar-refractivity contribution in [2.45, 2.75) is 194 Å². The molecule has 91 heavy (non-hydrogen) atoms. The number of rotatable bonds is 13. The number of Topliss-reactive ketones (excluding diaryl/α,β-unsaturated/α-hetero) is 1. The summed E-state index contributed by atoms with van der Waals surface area (Å²) in [7, 11) is 7.01. The molecule has 2 aromatic carbocycles. The quantitative estimate of drug-likeness (QED) is 0.157. The number of nitrogens with zero attached hydrogens (tertiary/aromatic N) is 6. The Kier molecular flexibility index (Phi) is 29.3. The van der Waals surface area contributed by atoms with Crippen LogP contribution in [-0.4, -0.2) is 221 Å². The summed E-state index contributed by atoms with van der Waals surface area (Å²) in [4.78, 5) is 183. The SMILES string of the molecule is CC[C@H](C)[C@H]1C(=O)N(C)[C@@H](C(C)C)C(=O)N(C)CC(=O)N[C@@H]([C@@H](C)O)C(=O)N[C@H](C(=O)N2CCCCC2)CC(=O)N[C@H](C)C(=O)[C@@H](C)C(=O)N(C)[C@@H](CC(C)C)C(=O)N[C@@H](CC(C)C)C(=O)N(C)[C@@H](Cc2ccccc2)C(=O)N[C@@H](Cc2ccccc2)C(=O)N1C. The zero-order chi connectivity index (χ0) is 68.3. The van der Waals surface area contributed by atoms with Crippen LogP contribution in [0.4, 0.5) is 0 Å².